The van der Waals surface area contributed by atoms with Crippen LogP contribution in [-0.4, -0.2) is 11.9 Å². The fraction of sp³-hybridized carbons (Fsp3) is 0.364. The molecule has 80 valence electrons. The van der Waals surface area contributed by atoms with Crippen LogP contribution in [0.4, 0.5) is 0 Å². The quantitative estimate of drug-likeness (QED) is 0.870. The summed E-state index contributed by atoms with van der Waals surface area (Å²) < 4.78 is 0. The Hall–Kier alpha value is -0.730. The standard InChI is InChI=1S/C11H11Cl2NO/c12-8-2-1-7(10(13)6-8)5-11(15)14-9-3-4-9/h1-2,6,9H,3-5H2,(H,14,15). The predicted octanol–water partition coefficient (Wildman–Crippen LogP) is 2.81. The summed E-state index contributed by atoms with van der Waals surface area (Å²) in [7, 11) is 0. The van der Waals surface area contributed by atoms with E-state index < -0.39 is 0 Å². The van der Waals surface area contributed by atoms with E-state index in [1.165, 1.54) is 0 Å². The Morgan fingerprint density at radius 1 is 1.40 bits per heavy atom. The van der Waals surface area contributed by atoms with Crippen LogP contribution in [0.5, 0.6) is 0 Å². The molecule has 1 amide bonds. The van der Waals surface area contributed by atoms with E-state index in [1.54, 1.807) is 18.2 Å². The van der Waals surface area contributed by atoms with Crippen molar-refractivity contribution in [1.82, 2.24) is 5.32 Å². The van der Waals surface area contributed by atoms with Crippen molar-refractivity contribution < 1.29 is 4.79 Å². The molecule has 1 fully saturated rings. The minimum atomic E-state index is 0.0294. The van der Waals surface area contributed by atoms with Crippen molar-refractivity contribution in [3.8, 4) is 0 Å². The Balaban J connectivity index is 1.99. The summed E-state index contributed by atoms with van der Waals surface area (Å²) >= 11 is 11.7. The van der Waals surface area contributed by atoms with Gasteiger partial charge in [-0.2, -0.15) is 0 Å². The number of halogens is 2. The lowest BCUT2D eigenvalue weighted by Gasteiger charge is -2.05. The Morgan fingerprint density at radius 3 is 2.73 bits per heavy atom. The molecule has 1 aromatic carbocycles. The van der Waals surface area contributed by atoms with Gasteiger partial charge in [0.2, 0.25) is 5.91 Å². The molecule has 0 spiro atoms. The van der Waals surface area contributed by atoms with Crippen molar-refractivity contribution in [3.05, 3.63) is 33.8 Å². The van der Waals surface area contributed by atoms with Crippen molar-refractivity contribution in [1.29, 1.82) is 0 Å². The van der Waals surface area contributed by atoms with E-state index in [0.717, 1.165) is 18.4 Å². The average Bonchev–Trinajstić information content (AvgIpc) is 2.94. The van der Waals surface area contributed by atoms with E-state index in [0.29, 0.717) is 22.5 Å². The first-order valence-electron chi connectivity index (χ1n) is 4.88. The monoisotopic (exact) mass is 243 g/mol. The molecule has 0 bridgehead atoms. The summed E-state index contributed by atoms with van der Waals surface area (Å²) in [6.07, 6.45) is 2.52. The van der Waals surface area contributed by atoms with E-state index in [9.17, 15) is 4.79 Å². The fourth-order valence-corrected chi connectivity index (χ4v) is 1.82. The highest BCUT2D eigenvalue weighted by atomic mass is 35.5. The number of rotatable bonds is 3. The third-order valence-electron chi connectivity index (χ3n) is 2.31. The molecular weight excluding hydrogens is 233 g/mol. The van der Waals surface area contributed by atoms with Crippen LogP contribution in [0.25, 0.3) is 0 Å². The van der Waals surface area contributed by atoms with E-state index in [1.807, 2.05) is 0 Å². The van der Waals surface area contributed by atoms with Gasteiger partial charge < -0.3 is 5.32 Å². The van der Waals surface area contributed by atoms with Crippen molar-refractivity contribution >= 4 is 29.1 Å². The molecule has 0 radical (unpaired) electrons. The average molecular weight is 244 g/mol. The van der Waals surface area contributed by atoms with Gasteiger partial charge in [0.15, 0.2) is 0 Å². The molecule has 0 aromatic heterocycles. The van der Waals surface area contributed by atoms with Gasteiger partial charge in [-0.25, -0.2) is 0 Å². The first kappa shape index (κ1) is 10.8. The van der Waals surface area contributed by atoms with Crippen LogP contribution in [0, 0.1) is 0 Å². The lowest BCUT2D eigenvalue weighted by atomic mass is 10.1. The Kier molecular flexibility index (Phi) is 3.17. The molecule has 1 aliphatic rings. The number of carbonyl (C=O) groups excluding carboxylic acids is 1. The minimum absolute atomic E-state index is 0.0294. The molecule has 0 heterocycles. The zero-order chi connectivity index (χ0) is 10.8. The van der Waals surface area contributed by atoms with Crippen LogP contribution in [0.15, 0.2) is 18.2 Å². The molecule has 1 saturated carbocycles. The molecule has 15 heavy (non-hydrogen) atoms. The van der Waals surface area contributed by atoms with Crippen molar-refractivity contribution in [3.63, 3.8) is 0 Å². The molecule has 1 N–H and O–H groups in total. The lowest BCUT2D eigenvalue weighted by molar-refractivity contribution is -0.120. The van der Waals surface area contributed by atoms with Crippen LogP contribution in [0.1, 0.15) is 18.4 Å². The summed E-state index contributed by atoms with van der Waals surface area (Å²) in [5.74, 6) is 0.0294. The zero-order valence-corrected chi connectivity index (χ0v) is 9.61. The van der Waals surface area contributed by atoms with Gasteiger partial charge in [-0.15, -0.1) is 0 Å². The number of hydrogen-bond donors (Lipinski definition) is 1. The molecule has 2 rings (SSSR count). The maximum absolute atomic E-state index is 11.5. The summed E-state index contributed by atoms with van der Waals surface area (Å²) in [6, 6.07) is 5.58. The third kappa shape index (κ3) is 3.11. The highest BCUT2D eigenvalue weighted by Crippen LogP contribution is 2.22. The summed E-state index contributed by atoms with van der Waals surface area (Å²) in [6.45, 7) is 0. The molecule has 0 saturated heterocycles. The van der Waals surface area contributed by atoms with Crippen LogP contribution < -0.4 is 5.32 Å². The maximum Gasteiger partial charge on any atom is 0.224 e. The topological polar surface area (TPSA) is 29.1 Å². The highest BCUT2D eigenvalue weighted by molar-refractivity contribution is 6.35. The van der Waals surface area contributed by atoms with Crippen LogP contribution >= 0.6 is 23.2 Å². The molecule has 4 heteroatoms. The fourth-order valence-electron chi connectivity index (χ4n) is 1.34. The normalized spacial score (nSPS) is 15.1. The molecular formula is C11H11Cl2NO. The van der Waals surface area contributed by atoms with Gasteiger partial charge in [-0.1, -0.05) is 29.3 Å². The summed E-state index contributed by atoms with van der Waals surface area (Å²) in [4.78, 5) is 11.5. The minimum Gasteiger partial charge on any atom is -0.353 e. The molecule has 0 aliphatic heterocycles. The largest absolute Gasteiger partial charge is 0.353 e. The van der Waals surface area contributed by atoms with E-state index in [4.69, 9.17) is 23.2 Å². The van der Waals surface area contributed by atoms with Gasteiger partial charge in [0.1, 0.15) is 0 Å². The Bertz CT molecular complexity index is 388. The number of hydrogen-bond acceptors (Lipinski definition) is 1. The molecule has 2 nitrogen and oxygen atoms in total. The van der Waals surface area contributed by atoms with Crippen LogP contribution in [-0.2, 0) is 11.2 Å². The van der Waals surface area contributed by atoms with Gasteiger partial charge in [0, 0.05) is 16.1 Å². The zero-order valence-electron chi connectivity index (χ0n) is 8.09. The third-order valence-corrected chi connectivity index (χ3v) is 2.90. The van der Waals surface area contributed by atoms with Gasteiger partial charge in [0.25, 0.3) is 0 Å². The smallest absolute Gasteiger partial charge is 0.224 e. The first-order valence-corrected chi connectivity index (χ1v) is 5.64. The van der Waals surface area contributed by atoms with Crippen molar-refractivity contribution in [2.45, 2.75) is 25.3 Å². The van der Waals surface area contributed by atoms with E-state index >= 15 is 0 Å². The summed E-state index contributed by atoms with van der Waals surface area (Å²) in [5.41, 5.74) is 0.819. The van der Waals surface area contributed by atoms with Gasteiger partial charge in [0.05, 0.1) is 6.42 Å². The number of amides is 1. The molecule has 1 aromatic rings. The number of carbonyl (C=O) groups is 1. The SMILES string of the molecule is O=C(Cc1ccc(Cl)cc1Cl)NC1CC1. The Labute approximate surface area is 98.6 Å². The second-order valence-electron chi connectivity index (χ2n) is 3.75. The highest BCUT2D eigenvalue weighted by Gasteiger charge is 2.23. The number of benzene rings is 1. The first-order chi connectivity index (χ1) is 7.15. The van der Waals surface area contributed by atoms with Crippen molar-refractivity contribution in [2.24, 2.45) is 0 Å². The van der Waals surface area contributed by atoms with Crippen molar-refractivity contribution in [2.75, 3.05) is 0 Å². The molecule has 0 unspecified atom stereocenters. The van der Waals surface area contributed by atoms with Gasteiger partial charge >= 0.3 is 0 Å². The van der Waals surface area contributed by atoms with E-state index in [2.05, 4.69) is 5.32 Å². The van der Waals surface area contributed by atoms with Gasteiger partial charge in [-0.05, 0) is 30.5 Å². The van der Waals surface area contributed by atoms with Crippen LogP contribution in [0.2, 0.25) is 10.0 Å². The van der Waals surface area contributed by atoms with E-state index in [-0.39, 0.29) is 5.91 Å². The van der Waals surface area contributed by atoms with Crippen LogP contribution in [0.3, 0.4) is 0 Å². The maximum atomic E-state index is 11.5. The number of nitrogens with one attached hydrogen (secondary N) is 1. The second kappa shape index (κ2) is 4.42. The second-order valence-corrected chi connectivity index (χ2v) is 4.60. The molecule has 1 aliphatic carbocycles. The molecule has 0 atom stereocenters. The summed E-state index contributed by atoms with van der Waals surface area (Å²) in [5, 5.41) is 4.05. The predicted molar refractivity (Wildman–Crippen MR) is 61.3 cm³/mol. The van der Waals surface area contributed by atoms with Gasteiger partial charge in [-0.3, -0.25) is 4.79 Å². The Morgan fingerprint density at radius 2 is 2.13 bits per heavy atom. The lowest BCUT2D eigenvalue weighted by Crippen LogP contribution is -2.27.